The lowest BCUT2D eigenvalue weighted by Gasteiger charge is -2.20. The molecule has 1 saturated carbocycles. The zero-order valence-corrected chi connectivity index (χ0v) is 18.3. The third-order valence-electron chi connectivity index (χ3n) is 4.94. The highest BCUT2D eigenvalue weighted by molar-refractivity contribution is 5.98. The van der Waals surface area contributed by atoms with Gasteiger partial charge in [0.15, 0.2) is 0 Å². The van der Waals surface area contributed by atoms with Crippen LogP contribution in [0.2, 0.25) is 0 Å². The van der Waals surface area contributed by atoms with Crippen molar-refractivity contribution in [1.29, 1.82) is 0 Å². The lowest BCUT2D eigenvalue weighted by molar-refractivity contribution is -0.117. The number of aromatic nitrogens is 1. The molecule has 1 aliphatic rings. The van der Waals surface area contributed by atoms with Crippen LogP contribution in [0.1, 0.15) is 79.4 Å². The number of allylic oxidation sites excluding steroid dienone is 1. The van der Waals surface area contributed by atoms with E-state index in [1.54, 1.807) is 6.20 Å². The molecule has 0 radical (unpaired) electrons. The summed E-state index contributed by atoms with van der Waals surface area (Å²) in [5.74, 6) is 1.84. The Kier molecular flexibility index (Phi) is 6.52. The molecular formula is C22H34N4O2. The number of nitrogens with one attached hydrogen (secondary N) is 2. The maximum atomic E-state index is 13.0. The van der Waals surface area contributed by atoms with Crippen LogP contribution in [0.5, 0.6) is 0 Å². The molecule has 6 heteroatoms. The predicted octanol–water partition coefficient (Wildman–Crippen LogP) is 4.39. The quantitative estimate of drug-likeness (QED) is 0.394. The summed E-state index contributed by atoms with van der Waals surface area (Å²) in [6, 6.07) is 0. The summed E-state index contributed by atoms with van der Waals surface area (Å²) in [5, 5.41) is 6.40. The molecule has 2 N–H and O–H groups in total. The molecule has 154 valence electrons. The molecule has 1 aromatic heterocycles. The first-order valence-corrected chi connectivity index (χ1v) is 9.90. The largest absolute Gasteiger partial charge is 0.443 e. The second-order valence-corrected chi connectivity index (χ2v) is 8.95. The Bertz CT molecular complexity index is 801. The number of hydrogen-bond acceptors (Lipinski definition) is 5. The molecule has 1 heterocycles. The number of carbonyl (C=O) groups excluding carboxylic acids is 1. The summed E-state index contributed by atoms with van der Waals surface area (Å²) >= 11 is 0. The lowest BCUT2D eigenvalue weighted by Crippen LogP contribution is -2.30. The van der Waals surface area contributed by atoms with Crippen molar-refractivity contribution in [2.24, 2.45) is 4.99 Å². The van der Waals surface area contributed by atoms with Crippen molar-refractivity contribution in [3.63, 3.8) is 0 Å². The fourth-order valence-electron chi connectivity index (χ4n) is 2.92. The van der Waals surface area contributed by atoms with E-state index < -0.39 is 0 Å². The van der Waals surface area contributed by atoms with E-state index in [1.165, 1.54) is 0 Å². The monoisotopic (exact) mass is 386 g/mol. The number of hydrogen-bond donors (Lipinski definition) is 2. The SMILES string of the molecule is C=N/C(NC1(C)CC1)=C(\CC)C(C(=O)NCc1ncc(C(C)(C)C)o1)=C(C)C. The van der Waals surface area contributed by atoms with Crippen molar-refractivity contribution in [1.82, 2.24) is 15.6 Å². The van der Waals surface area contributed by atoms with E-state index in [0.717, 1.165) is 29.7 Å². The molecule has 0 spiro atoms. The zero-order valence-electron chi connectivity index (χ0n) is 18.3. The van der Waals surface area contributed by atoms with Gasteiger partial charge in [-0.15, -0.1) is 0 Å². The summed E-state index contributed by atoms with van der Waals surface area (Å²) in [4.78, 5) is 21.5. The summed E-state index contributed by atoms with van der Waals surface area (Å²) in [7, 11) is 0. The van der Waals surface area contributed by atoms with E-state index in [0.29, 0.717) is 23.7 Å². The van der Waals surface area contributed by atoms with Crippen LogP contribution in [-0.4, -0.2) is 23.1 Å². The van der Waals surface area contributed by atoms with Gasteiger partial charge in [0.25, 0.3) is 5.91 Å². The van der Waals surface area contributed by atoms with Gasteiger partial charge in [0.05, 0.1) is 12.7 Å². The molecule has 1 amide bonds. The molecule has 2 rings (SSSR count). The van der Waals surface area contributed by atoms with E-state index in [-0.39, 0.29) is 23.4 Å². The number of amides is 1. The van der Waals surface area contributed by atoms with Crippen molar-refractivity contribution < 1.29 is 9.21 Å². The van der Waals surface area contributed by atoms with E-state index in [4.69, 9.17) is 4.42 Å². The fraction of sp³-hybridized carbons (Fsp3) is 0.591. The molecule has 28 heavy (non-hydrogen) atoms. The lowest BCUT2D eigenvalue weighted by atomic mass is 9.94. The highest BCUT2D eigenvalue weighted by atomic mass is 16.4. The van der Waals surface area contributed by atoms with Crippen molar-refractivity contribution in [2.75, 3.05) is 0 Å². The fourth-order valence-corrected chi connectivity index (χ4v) is 2.92. The first kappa shape index (κ1) is 21.9. The Hall–Kier alpha value is -2.37. The maximum Gasteiger partial charge on any atom is 0.252 e. The number of carbonyl (C=O) groups is 1. The number of oxazole rings is 1. The van der Waals surface area contributed by atoms with Crippen molar-refractivity contribution in [3.8, 4) is 0 Å². The molecule has 0 unspecified atom stereocenters. The van der Waals surface area contributed by atoms with Gasteiger partial charge in [0.1, 0.15) is 11.6 Å². The van der Waals surface area contributed by atoms with Crippen LogP contribution in [0.25, 0.3) is 0 Å². The number of rotatable bonds is 8. The Morgan fingerprint density at radius 1 is 1.36 bits per heavy atom. The minimum atomic E-state index is -0.156. The first-order valence-electron chi connectivity index (χ1n) is 9.90. The van der Waals surface area contributed by atoms with Gasteiger partial charge in [-0.1, -0.05) is 33.3 Å². The van der Waals surface area contributed by atoms with Gasteiger partial charge in [-0.2, -0.15) is 0 Å². The van der Waals surface area contributed by atoms with E-state index >= 15 is 0 Å². The van der Waals surface area contributed by atoms with E-state index in [9.17, 15) is 4.79 Å². The molecule has 0 saturated heterocycles. The Labute approximate surface area is 168 Å². The average Bonchev–Trinajstić information content (AvgIpc) is 3.13. The third kappa shape index (κ3) is 5.33. The summed E-state index contributed by atoms with van der Waals surface area (Å²) in [6.07, 6.45) is 4.60. The molecule has 0 aliphatic heterocycles. The molecule has 0 bridgehead atoms. The Morgan fingerprint density at radius 3 is 2.43 bits per heavy atom. The van der Waals surface area contributed by atoms with Crippen LogP contribution in [0.15, 0.2) is 38.1 Å². The first-order chi connectivity index (χ1) is 13.0. The predicted molar refractivity (Wildman–Crippen MR) is 113 cm³/mol. The molecule has 0 aromatic carbocycles. The molecule has 1 aromatic rings. The van der Waals surface area contributed by atoms with Crippen LogP contribution in [0.4, 0.5) is 0 Å². The van der Waals surface area contributed by atoms with Gasteiger partial charge in [0, 0.05) is 22.1 Å². The molecule has 1 aliphatic carbocycles. The highest BCUT2D eigenvalue weighted by Gasteiger charge is 2.38. The number of aliphatic imine (C=N–C) groups is 1. The normalized spacial score (nSPS) is 16.1. The highest BCUT2D eigenvalue weighted by Crippen LogP contribution is 2.36. The van der Waals surface area contributed by atoms with Crippen LogP contribution in [0.3, 0.4) is 0 Å². The summed E-state index contributed by atoms with van der Waals surface area (Å²) in [6.45, 7) is 18.2. The second-order valence-electron chi connectivity index (χ2n) is 8.95. The molecule has 6 nitrogen and oxygen atoms in total. The smallest absolute Gasteiger partial charge is 0.252 e. The summed E-state index contributed by atoms with van der Waals surface area (Å²) in [5.41, 5.74) is 2.39. The van der Waals surface area contributed by atoms with Crippen LogP contribution < -0.4 is 10.6 Å². The van der Waals surface area contributed by atoms with E-state index in [1.807, 2.05) is 20.8 Å². The zero-order chi connectivity index (χ0) is 21.1. The molecule has 0 atom stereocenters. The topological polar surface area (TPSA) is 79.5 Å². The standard InChI is InChI=1S/C22H34N4O2/c1-9-15(19(23-8)26-22(7)10-11-22)18(14(2)3)20(27)25-13-17-24-12-16(28-17)21(4,5)6/h12,26H,8-11,13H2,1-7H3,(H,25,27)/b19-15-. The van der Waals surface area contributed by atoms with Gasteiger partial charge in [0.2, 0.25) is 5.89 Å². The second kappa shape index (κ2) is 8.33. The van der Waals surface area contributed by atoms with Crippen LogP contribution in [-0.2, 0) is 16.8 Å². The van der Waals surface area contributed by atoms with E-state index in [2.05, 4.69) is 55.0 Å². The molecular weight excluding hydrogens is 352 g/mol. The van der Waals surface area contributed by atoms with Crippen LogP contribution in [0, 0.1) is 0 Å². The van der Waals surface area contributed by atoms with Gasteiger partial charge >= 0.3 is 0 Å². The maximum absolute atomic E-state index is 13.0. The van der Waals surface area contributed by atoms with Crippen molar-refractivity contribution in [3.05, 3.63) is 40.4 Å². The van der Waals surface area contributed by atoms with Crippen molar-refractivity contribution >= 4 is 12.6 Å². The Balaban J connectivity index is 2.20. The van der Waals surface area contributed by atoms with Crippen LogP contribution >= 0.6 is 0 Å². The number of nitrogens with zero attached hydrogens (tertiary/aromatic N) is 2. The van der Waals surface area contributed by atoms with Crippen molar-refractivity contribution in [2.45, 2.75) is 85.2 Å². The third-order valence-corrected chi connectivity index (χ3v) is 4.94. The van der Waals surface area contributed by atoms with Gasteiger partial charge in [-0.3, -0.25) is 4.79 Å². The van der Waals surface area contributed by atoms with Gasteiger partial charge in [-0.25, -0.2) is 9.98 Å². The minimum Gasteiger partial charge on any atom is -0.443 e. The van der Waals surface area contributed by atoms with Gasteiger partial charge in [-0.05, 0) is 46.8 Å². The summed E-state index contributed by atoms with van der Waals surface area (Å²) < 4.78 is 5.77. The minimum absolute atomic E-state index is 0.0572. The van der Waals surface area contributed by atoms with Gasteiger partial charge < -0.3 is 15.1 Å². The average molecular weight is 387 g/mol. The Morgan fingerprint density at radius 2 is 2.00 bits per heavy atom. The molecule has 1 fully saturated rings.